The van der Waals surface area contributed by atoms with Gasteiger partial charge < -0.3 is 15.6 Å². The predicted octanol–water partition coefficient (Wildman–Crippen LogP) is 5.80. The Labute approximate surface area is 196 Å². The van der Waals surface area contributed by atoms with Crippen molar-refractivity contribution in [2.24, 2.45) is 5.73 Å². The quantitative estimate of drug-likeness (QED) is 0.320. The fourth-order valence-corrected chi connectivity index (χ4v) is 3.53. The van der Waals surface area contributed by atoms with Gasteiger partial charge in [0.15, 0.2) is 0 Å². The van der Waals surface area contributed by atoms with Crippen LogP contribution in [0.25, 0.3) is 22.4 Å². The van der Waals surface area contributed by atoms with Crippen molar-refractivity contribution >= 4 is 17.5 Å². The molecule has 0 atom stereocenters. The third-order valence-corrected chi connectivity index (χ3v) is 5.28. The molecule has 0 fully saturated rings. The Hall–Kier alpha value is -3.98. The highest BCUT2D eigenvalue weighted by molar-refractivity contribution is 6.30. The summed E-state index contributed by atoms with van der Waals surface area (Å²) in [5, 5.41) is 17.0. The van der Waals surface area contributed by atoms with Crippen LogP contribution in [0.15, 0.2) is 66.7 Å². The number of nitrogens with zero attached hydrogens (tertiary/aromatic N) is 1. The molecule has 0 aliphatic heterocycles. The van der Waals surface area contributed by atoms with Gasteiger partial charge in [0, 0.05) is 27.8 Å². The number of ether oxygens (including phenoxy) is 1. The van der Waals surface area contributed by atoms with Gasteiger partial charge in [-0.05, 0) is 47.5 Å². The fraction of sp³-hybridized carbons (Fsp3) is 0.0833. The van der Waals surface area contributed by atoms with Gasteiger partial charge in [-0.1, -0.05) is 35.9 Å². The molecule has 174 valence electrons. The molecule has 0 aliphatic carbocycles. The van der Waals surface area contributed by atoms with Crippen molar-refractivity contribution in [3.05, 3.63) is 88.6 Å². The van der Waals surface area contributed by atoms with E-state index in [0.29, 0.717) is 10.8 Å². The number of H-pyrrole nitrogens is 1. The highest BCUT2D eigenvalue weighted by Crippen LogP contribution is 2.44. The van der Waals surface area contributed by atoms with E-state index in [2.05, 4.69) is 5.10 Å². The standard InChI is InChI=1S/C24H17ClF3N3O3/c25-16-6-4-13(5-7-16)12-34-17-8-9-18(19(32)11-17)21-20(22(31-30-21)24(26,27)28)14-2-1-3-15(10-14)23(29)33/h1-11,32H,12H2,(H2,29,33)(H,30,31). The first-order valence-corrected chi connectivity index (χ1v) is 10.3. The van der Waals surface area contributed by atoms with Crippen LogP contribution in [-0.2, 0) is 12.8 Å². The van der Waals surface area contributed by atoms with E-state index in [9.17, 15) is 23.1 Å². The maximum absolute atomic E-state index is 13.7. The number of aromatic amines is 1. The number of alkyl halides is 3. The molecule has 4 rings (SSSR count). The lowest BCUT2D eigenvalue weighted by Crippen LogP contribution is -2.11. The lowest BCUT2D eigenvalue weighted by atomic mass is 9.96. The number of phenols is 1. The maximum atomic E-state index is 13.7. The van der Waals surface area contributed by atoms with Crippen molar-refractivity contribution < 1.29 is 27.8 Å². The number of carbonyl (C=O) groups is 1. The van der Waals surface area contributed by atoms with Crippen LogP contribution in [0.3, 0.4) is 0 Å². The SMILES string of the molecule is NC(=O)c1cccc(-c2c(-c3ccc(OCc4ccc(Cl)cc4)cc3O)n[nH]c2C(F)(F)F)c1. The van der Waals surface area contributed by atoms with Crippen molar-refractivity contribution in [1.29, 1.82) is 0 Å². The number of amides is 1. The van der Waals surface area contributed by atoms with Gasteiger partial charge >= 0.3 is 6.18 Å². The van der Waals surface area contributed by atoms with Crippen LogP contribution in [0.4, 0.5) is 13.2 Å². The normalized spacial score (nSPS) is 11.4. The number of nitrogens with two attached hydrogens (primary N) is 1. The second-order valence-corrected chi connectivity index (χ2v) is 7.80. The summed E-state index contributed by atoms with van der Waals surface area (Å²) in [6.07, 6.45) is -4.76. The second-order valence-electron chi connectivity index (χ2n) is 7.36. The molecule has 10 heteroatoms. The zero-order chi connectivity index (χ0) is 24.5. The van der Waals surface area contributed by atoms with E-state index in [0.717, 1.165) is 5.56 Å². The highest BCUT2D eigenvalue weighted by atomic mass is 35.5. The molecule has 0 saturated heterocycles. The lowest BCUT2D eigenvalue weighted by molar-refractivity contribution is -0.140. The largest absolute Gasteiger partial charge is 0.507 e. The van der Waals surface area contributed by atoms with E-state index in [1.807, 2.05) is 5.10 Å². The number of benzene rings is 3. The molecule has 0 spiro atoms. The topological polar surface area (TPSA) is 101 Å². The molecule has 0 unspecified atom stereocenters. The maximum Gasteiger partial charge on any atom is 0.433 e. The van der Waals surface area contributed by atoms with Crippen LogP contribution in [0.2, 0.25) is 5.02 Å². The number of hydrogen-bond acceptors (Lipinski definition) is 4. The Balaban J connectivity index is 1.71. The Morgan fingerprint density at radius 3 is 2.47 bits per heavy atom. The molecular formula is C24H17ClF3N3O3. The molecule has 3 aromatic carbocycles. The Bertz CT molecular complexity index is 1350. The Morgan fingerprint density at radius 1 is 1.09 bits per heavy atom. The smallest absolute Gasteiger partial charge is 0.433 e. The lowest BCUT2D eigenvalue weighted by Gasteiger charge is -2.12. The van der Waals surface area contributed by atoms with Crippen molar-refractivity contribution in [3.63, 3.8) is 0 Å². The predicted molar refractivity (Wildman–Crippen MR) is 120 cm³/mol. The molecule has 4 aromatic rings. The van der Waals surface area contributed by atoms with E-state index in [-0.39, 0.29) is 40.3 Å². The summed E-state index contributed by atoms with van der Waals surface area (Å²) in [6.45, 7) is 0.196. The summed E-state index contributed by atoms with van der Waals surface area (Å²) in [6, 6.07) is 16.7. The van der Waals surface area contributed by atoms with Crippen LogP contribution in [0.5, 0.6) is 11.5 Å². The van der Waals surface area contributed by atoms with Gasteiger partial charge in [0.2, 0.25) is 5.91 Å². The molecule has 1 amide bonds. The summed E-state index contributed by atoms with van der Waals surface area (Å²) in [7, 11) is 0. The van der Waals surface area contributed by atoms with Crippen LogP contribution in [0, 0.1) is 0 Å². The van der Waals surface area contributed by atoms with Gasteiger partial charge in [-0.3, -0.25) is 9.89 Å². The Kier molecular flexibility index (Phi) is 6.21. The van der Waals surface area contributed by atoms with Crippen LogP contribution in [-0.4, -0.2) is 21.2 Å². The summed E-state index contributed by atoms with van der Waals surface area (Å²) >= 11 is 5.86. The van der Waals surface area contributed by atoms with E-state index < -0.39 is 17.8 Å². The molecular weight excluding hydrogens is 471 g/mol. The zero-order valence-electron chi connectivity index (χ0n) is 17.4. The molecule has 0 bridgehead atoms. The van der Waals surface area contributed by atoms with Gasteiger partial charge in [-0.2, -0.15) is 18.3 Å². The minimum atomic E-state index is -4.76. The van der Waals surface area contributed by atoms with Crippen molar-refractivity contribution in [1.82, 2.24) is 10.2 Å². The minimum Gasteiger partial charge on any atom is -0.507 e. The van der Waals surface area contributed by atoms with Gasteiger partial charge in [0.25, 0.3) is 0 Å². The number of phenolic OH excluding ortho intramolecular Hbond substituents is 1. The van der Waals surface area contributed by atoms with Gasteiger partial charge in [0.1, 0.15) is 29.5 Å². The molecule has 34 heavy (non-hydrogen) atoms. The highest BCUT2D eigenvalue weighted by Gasteiger charge is 2.38. The third kappa shape index (κ3) is 4.84. The zero-order valence-corrected chi connectivity index (χ0v) is 18.1. The summed E-state index contributed by atoms with van der Waals surface area (Å²) in [5.41, 5.74) is 4.69. The number of aromatic nitrogens is 2. The molecule has 4 N–H and O–H groups in total. The first-order valence-electron chi connectivity index (χ1n) is 9.90. The van der Waals surface area contributed by atoms with Gasteiger partial charge in [-0.25, -0.2) is 0 Å². The molecule has 0 saturated carbocycles. The second kappa shape index (κ2) is 9.11. The number of carbonyl (C=O) groups excluding carboxylic acids is 1. The summed E-state index contributed by atoms with van der Waals surface area (Å²) in [5.74, 6) is -0.813. The van der Waals surface area contributed by atoms with Gasteiger partial charge in [0.05, 0.1) is 0 Å². The number of nitrogens with one attached hydrogen (secondary N) is 1. The molecule has 1 aromatic heterocycles. The van der Waals surface area contributed by atoms with Crippen LogP contribution < -0.4 is 10.5 Å². The first-order chi connectivity index (χ1) is 16.1. The Morgan fingerprint density at radius 2 is 1.82 bits per heavy atom. The molecule has 0 radical (unpaired) electrons. The average molecular weight is 488 g/mol. The monoisotopic (exact) mass is 487 g/mol. The number of rotatable bonds is 6. The summed E-state index contributed by atoms with van der Waals surface area (Å²) < 4.78 is 46.8. The van der Waals surface area contributed by atoms with E-state index in [1.165, 1.54) is 42.5 Å². The minimum absolute atomic E-state index is 0.0351. The molecule has 6 nitrogen and oxygen atoms in total. The van der Waals surface area contributed by atoms with E-state index >= 15 is 0 Å². The molecule has 0 aliphatic rings. The summed E-state index contributed by atoms with van der Waals surface area (Å²) in [4.78, 5) is 11.5. The number of hydrogen-bond donors (Lipinski definition) is 3. The average Bonchev–Trinajstić information content (AvgIpc) is 3.24. The third-order valence-electron chi connectivity index (χ3n) is 5.03. The van der Waals surface area contributed by atoms with E-state index in [1.54, 1.807) is 24.3 Å². The number of halogens is 4. The number of primary amides is 1. The van der Waals surface area contributed by atoms with Crippen molar-refractivity contribution in [2.45, 2.75) is 12.8 Å². The first kappa shape index (κ1) is 23.2. The van der Waals surface area contributed by atoms with Gasteiger partial charge in [-0.15, -0.1) is 0 Å². The van der Waals surface area contributed by atoms with Crippen LogP contribution in [0.1, 0.15) is 21.6 Å². The molecule has 1 heterocycles. The van der Waals surface area contributed by atoms with Crippen LogP contribution >= 0.6 is 11.6 Å². The van der Waals surface area contributed by atoms with Crippen molar-refractivity contribution in [2.75, 3.05) is 0 Å². The van der Waals surface area contributed by atoms with E-state index in [4.69, 9.17) is 22.1 Å². The number of aromatic hydroxyl groups is 1. The fourth-order valence-electron chi connectivity index (χ4n) is 3.40. The van der Waals surface area contributed by atoms with Crippen molar-refractivity contribution in [3.8, 4) is 33.9 Å².